The number of ether oxygens (including phenoxy) is 1. The van der Waals surface area contributed by atoms with Crippen molar-refractivity contribution < 1.29 is 4.74 Å². The number of nitrogens with two attached hydrogens (primary N) is 1. The molecule has 80 valence electrons. The molecule has 0 bridgehead atoms. The van der Waals surface area contributed by atoms with Crippen LogP contribution in [-0.4, -0.2) is 27.7 Å². The third-order valence-corrected chi connectivity index (χ3v) is 4.33. The molecule has 3 heteroatoms. The van der Waals surface area contributed by atoms with Crippen LogP contribution in [0.1, 0.15) is 32.6 Å². The normalized spacial score (nSPS) is 13.6. The van der Waals surface area contributed by atoms with Gasteiger partial charge < -0.3 is 10.5 Å². The zero-order valence-corrected chi connectivity index (χ0v) is 10.5. The van der Waals surface area contributed by atoms with Gasteiger partial charge in [0.2, 0.25) is 0 Å². The number of rotatable bonds is 8. The highest BCUT2D eigenvalue weighted by Gasteiger charge is 2.13. The Morgan fingerprint density at radius 3 is 2.38 bits per heavy atom. The maximum absolute atomic E-state index is 5.71. The van der Waals surface area contributed by atoms with Gasteiger partial charge in [-0.3, -0.25) is 0 Å². The minimum atomic E-state index is -0.608. The summed E-state index contributed by atoms with van der Waals surface area (Å²) in [6.07, 6.45) is 4.96. The van der Waals surface area contributed by atoms with E-state index in [4.69, 9.17) is 10.5 Å². The predicted octanol–water partition coefficient (Wildman–Crippen LogP) is 1.94. The lowest BCUT2D eigenvalue weighted by Gasteiger charge is -2.19. The molecule has 2 N–H and O–H groups in total. The molecule has 1 unspecified atom stereocenters. The van der Waals surface area contributed by atoms with Crippen molar-refractivity contribution in [3.8, 4) is 0 Å². The second kappa shape index (κ2) is 8.72. The van der Waals surface area contributed by atoms with Crippen LogP contribution < -0.4 is 5.73 Å². The second-order valence-electron chi connectivity index (χ2n) is 3.88. The summed E-state index contributed by atoms with van der Waals surface area (Å²) in [7, 11) is -0.608. The zero-order valence-electron chi connectivity index (χ0n) is 9.38. The van der Waals surface area contributed by atoms with Gasteiger partial charge >= 0.3 is 0 Å². The molecule has 0 aliphatic rings. The standard InChI is InChI=1S/C10H25NOSi/c1-4-12-10(13(2)3)8-6-5-7-9-11/h10,13H,4-9,11H2,1-3H3. The number of hydrogen-bond acceptors (Lipinski definition) is 2. The van der Waals surface area contributed by atoms with Crippen molar-refractivity contribution in [3.63, 3.8) is 0 Å². The average molecular weight is 203 g/mol. The van der Waals surface area contributed by atoms with Gasteiger partial charge in [-0.25, -0.2) is 0 Å². The van der Waals surface area contributed by atoms with Gasteiger partial charge in [-0.1, -0.05) is 25.9 Å². The largest absolute Gasteiger partial charge is 0.382 e. The third-order valence-electron chi connectivity index (χ3n) is 2.32. The van der Waals surface area contributed by atoms with Gasteiger partial charge in [-0.2, -0.15) is 0 Å². The van der Waals surface area contributed by atoms with Crippen LogP contribution in [0.4, 0.5) is 0 Å². The van der Waals surface area contributed by atoms with E-state index in [-0.39, 0.29) is 0 Å². The molecule has 0 amide bonds. The minimum Gasteiger partial charge on any atom is -0.382 e. The van der Waals surface area contributed by atoms with Gasteiger partial charge in [0.15, 0.2) is 0 Å². The lowest BCUT2D eigenvalue weighted by Crippen LogP contribution is -2.27. The van der Waals surface area contributed by atoms with Crippen LogP contribution in [-0.2, 0) is 4.74 Å². The van der Waals surface area contributed by atoms with E-state index in [1.165, 1.54) is 25.7 Å². The van der Waals surface area contributed by atoms with Gasteiger partial charge in [0.05, 0.1) is 8.80 Å². The summed E-state index contributed by atoms with van der Waals surface area (Å²) >= 11 is 0. The molecular weight excluding hydrogens is 178 g/mol. The Labute approximate surface area is 84.5 Å². The van der Waals surface area contributed by atoms with E-state index in [9.17, 15) is 0 Å². The van der Waals surface area contributed by atoms with E-state index in [0.29, 0.717) is 5.73 Å². The average Bonchev–Trinajstić information content (AvgIpc) is 2.10. The molecule has 0 radical (unpaired) electrons. The Morgan fingerprint density at radius 2 is 1.92 bits per heavy atom. The Kier molecular flexibility index (Phi) is 8.81. The molecule has 13 heavy (non-hydrogen) atoms. The smallest absolute Gasteiger partial charge is 0.0656 e. The van der Waals surface area contributed by atoms with Gasteiger partial charge in [-0.15, -0.1) is 0 Å². The van der Waals surface area contributed by atoms with Crippen molar-refractivity contribution in [1.82, 2.24) is 0 Å². The van der Waals surface area contributed by atoms with Crippen molar-refractivity contribution >= 4 is 8.80 Å². The molecule has 0 saturated carbocycles. The van der Waals surface area contributed by atoms with Crippen LogP contribution in [0.5, 0.6) is 0 Å². The molecule has 0 aromatic carbocycles. The second-order valence-corrected chi connectivity index (χ2v) is 7.11. The lowest BCUT2D eigenvalue weighted by atomic mass is 10.2. The molecule has 0 aromatic heterocycles. The molecule has 1 atom stereocenters. The molecule has 0 heterocycles. The molecule has 0 rings (SSSR count). The summed E-state index contributed by atoms with van der Waals surface area (Å²) in [6, 6.07) is 0. The molecule has 2 nitrogen and oxygen atoms in total. The molecular formula is C10H25NOSi. The fraction of sp³-hybridized carbons (Fsp3) is 1.00. The SMILES string of the molecule is CCOC(CCCCCN)[SiH](C)C. The molecule has 0 aliphatic carbocycles. The van der Waals surface area contributed by atoms with Crippen LogP contribution in [0.2, 0.25) is 13.1 Å². The number of unbranched alkanes of at least 4 members (excludes halogenated alkanes) is 2. The quantitative estimate of drug-likeness (QED) is 0.483. The molecule has 0 aromatic rings. The van der Waals surface area contributed by atoms with Gasteiger partial charge in [0, 0.05) is 12.3 Å². The van der Waals surface area contributed by atoms with E-state index >= 15 is 0 Å². The van der Waals surface area contributed by atoms with Crippen molar-refractivity contribution in [1.29, 1.82) is 0 Å². The minimum absolute atomic E-state index is 0.586. The molecule has 0 fully saturated rings. The van der Waals surface area contributed by atoms with Crippen molar-refractivity contribution in [2.45, 2.75) is 51.4 Å². The fourth-order valence-corrected chi connectivity index (χ4v) is 2.97. The van der Waals surface area contributed by atoms with Gasteiger partial charge in [0.1, 0.15) is 0 Å². The lowest BCUT2D eigenvalue weighted by molar-refractivity contribution is 0.106. The maximum Gasteiger partial charge on any atom is 0.0656 e. The molecule has 0 spiro atoms. The first-order valence-electron chi connectivity index (χ1n) is 5.54. The fourth-order valence-electron chi connectivity index (χ4n) is 1.49. The highest BCUT2D eigenvalue weighted by atomic mass is 28.3. The monoisotopic (exact) mass is 203 g/mol. The van der Waals surface area contributed by atoms with Crippen LogP contribution in [0, 0.1) is 0 Å². The van der Waals surface area contributed by atoms with E-state index in [0.717, 1.165) is 13.2 Å². The predicted molar refractivity (Wildman–Crippen MR) is 61.8 cm³/mol. The van der Waals surface area contributed by atoms with Gasteiger partial charge in [0.25, 0.3) is 0 Å². The highest BCUT2D eigenvalue weighted by Crippen LogP contribution is 2.09. The third kappa shape index (κ3) is 7.23. The first-order valence-corrected chi connectivity index (χ1v) is 8.51. The Hall–Kier alpha value is 0.137. The first-order chi connectivity index (χ1) is 6.22. The van der Waals surface area contributed by atoms with Crippen molar-refractivity contribution in [2.24, 2.45) is 5.73 Å². The van der Waals surface area contributed by atoms with Crippen LogP contribution >= 0.6 is 0 Å². The van der Waals surface area contributed by atoms with Crippen LogP contribution in [0.3, 0.4) is 0 Å². The zero-order chi connectivity index (χ0) is 10.1. The summed E-state index contributed by atoms with van der Waals surface area (Å²) in [5.74, 6) is 0. The summed E-state index contributed by atoms with van der Waals surface area (Å²) in [5.41, 5.74) is 6.03. The Morgan fingerprint density at radius 1 is 1.23 bits per heavy atom. The van der Waals surface area contributed by atoms with Crippen molar-refractivity contribution in [3.05, 3.63) is 0 Å². The van der Waals surface area contributed by atoms with Crippen LogP contribution in [0.25, 0.3) is 0 Å². The Balaban J connectivity index is 3.45. The summed E-state index contributed by atoms with van der Waals surface area (Å²) in [4.78, 5) is 0. The van der Waals surface area contributed by atoms with Crippen molar-refractivity contribution in [2.75, 3.05) is 13.2 Å². The van der Waals surface area contributed by atoms with E-state index in [1.807, 2.05) is 0 Å². The topological polar surface area (TPSA) is 35.2 Å². The highest BCUT2D eigenvalue weighted by molar-refractivity contribution is 6.57. The van der Waals surface area contributed by atoms with E-state index in [1.54, 1.807) is 0 Å². The van der Waals surface area contributed by atoms with Crippen LogP contribution in [0.15, 0.2) is 0 Å². The maximum atomic E-state index is 5.71. The molecule has 0 aliphatic heterocycles. The molecule has 0 saturated heterocycles. The van der Waals surface area contributed by atoms with Gasteiger partial charge in [-0.05, 0) is 26.3 Å². The first kappa shape index (κ1) is 13.1. The van der Waals surface area contributed by atoms with E-state index in [2.05, 4.69) is 20.0 Å². The van der Waals surface area contributed by atoms with E-state index < -0.39 is 8.80 Å². The summed E-state index contributed by atoms with van der Waals surface area (Å²) < 4.78 is 5.71. The number of hydrogen-bond donors (Lipinski definition) is 1. The summed E-state index contributed by atoms with van der Waals surface area (Å²) in [5, 5.41) is 0. The summed E-state index contributed by atoms with van der Waals surface area (Å²) in [6.45, 7) is 8.52. The Bertz CT molecular complexity index is 109.